The number of aliphatic hydroxyl groups is 2. The lowest BCUT2D eigenvalue weighted by Crippen LogP contribution is -2.36. The van der Waals surface area contributed by atoms with Crippen LogP contribution in [0, 0.1) is 6.92 Å². The summed E-state index contributed by atoms with van der Waals surface area (Å²) in [6.07, 6.45) is 0.160. The van der Waals surface area contributed by atoms with Gasteiger partial charge in [0.1, 0.15) is 0 Å². The van der Waals surface area contributed by atoms with Gasteiger partial charge in [0.2, 0.25) is 0 Å². The number of nitrogens with one attached hydrogen (secondary N) is 1. The van der Waals surface area contributed by atoms with Gasteiger partial charge in [0.15, 0.2) is 0 Å². The van der Waals surface area contributed by atoms with Crippen LogP contribution in [0.25, 0.3) is 0 Å². The molecule has 1 aromatic carbocycles. The van der Waals surface area contributed by atoms with Crippen LogP contribution in [0.1, 0.15) is 36.5 Å². The summed E-state index contributed by atoms with van der Waals surface area (Å²) in [7, 11) is 0. The SMILES string of the molecule is Cc1ccc(C(O)C(CCC(=O)O)NCCCO)cc1. The lowest BCUT2D eigenvalue weighted by molar-refractivity contribution is -0.137. The predicted molar refractivity (Wildman–Crippen MR) is 76.5 cm³/mol. The number of hydrogen-bond donors (Lipinski definition) is 4. The molecular weight excluding hydrogens is 258 g/mol. The highest BCUT2D eigenvalue weighted by Gasteiger charge is 2.21. The Morgan fingerprint density at radius 3 is 2.50 bits per heavy atom. The number of aliphatic carboxylic acids is 1. The molecule has 1 aromatic rings. The summed E-state index contributed by atoms with van der Waals surface area (Å²) < 4.78 is 0. The normalized spacial score (nSPS) is 13.9. The molecule has 1 rings (SSSR count). The largest absolute Gasteiger partial charge is 0.481 e. The van der Waals surface area contributed by atoms with Crippen molar-refractivity contribution < 1.29 is 20.1 Å². The zero-order valence-electron chi connectivity index (χ0n) is 11.7. The number of hydrogen-bond acceptors (Lipinski definition) is 4. The number of aliphatic hydroxyl groups excluding tert-OH is 2. The number of benzene rings is 1. The smallest absolute Gasteiger partial charge is 0.303 e. The molecule has 2 unspecified atom stereocenters. The van der Waals surface area contributed by atoms with Crippen molar-refractivity contribution in [2.45, 2.75) is 38.3 Å². The quantitative estimate of drug-likeness (QED) is 0.511. The van der Waals surface area contributed by atoms with E-state index < -0.39 is 12.1 Å². The van der Waals surface area contributed by atoms with Crippen molar-refractivity contribution in [1.29, 1.82) is 0 Å². The molecule has 0 bridgehead atoms. The molecule has 0 aliphatic rings. The molecule has 0 saturated heterocycles. The Balaban J connectivity index is 2.68. The fourth-order valence-corrected chi connectivity index (χ4v) is 2.01. The zero-order chi connectivity index (χ0) is 15.0. The lowest BCUT2D eigenvalue weighted by atomic mass is 9.97. The van der Waals surface area contributed by atoms with E-state index in [1.807, 2.05) is 31.2 Å². The number of aryl methyl sites for hydroxylation is 1. The molecule has 5 nitrogen and oxygen atoms in total. The highest BCUT2D eigenvalue weighted by Crippen LogP contribution is 2.20. The van der Waals surface area contributed by atoms with E-state index in [4.69, 9.17) is 10.2 Å². The molecule has 0 aromatic heterocycles. The van der Waals surface area contributed by atoms with Gasteiger partial charge in [-0.15, -0.1) is 0 Å². The van der Waals surface area contributed by atoms with E-state index in [1.165, 1.54) is 0 Å². The van der Waals surface area contributed by atoms with E-state index in [0.717, 1.165) is 11.1 Å². The highest BCUT2D eigenvalue weighted by molar-refractivity contribution is 5.66. The Bertz CT molecular complexity index is 405. The summed E-state index contributed by atoms with van der Waals surface area (Å²) >= 11 is 0. The van der Waals surface area contributed by atoms with Crippen LogP contribution in [-0.4, -0.2) is 40.5 Å². The van der Waals surface area contributed by atoms with Crippen LogP contribution in [0.2, 0.25) is 0 Å². The van der Waals surface area contributed by atoms with Crippen molar-refractivity contribution in [1.82, 2.24) is 5.32 Å². The second kappa shape index (κ2) is 8.68. The van der Waals surface area contributed by atoms with Crippen molar-refractivity contribution in [2.24, 2.45) is 0 Å². The van der Waals surface area contributed by atoms with Crippen LogP contribution in [0.3, 0.4) is 0 Å². The third kappa shape index (κ3) is 5.69. The van der Waals surface area contributed by atoms with Gasteiger partial charge >= 0.3 is 5.97 Å². The van der Waals surface area contributed by atoms with Gasteiger partial charge < -0.3 is 20.6 Å². The topological polar surface area (TPSA) is 89.8 Å². The van der Waals surface area contributed by atoms with Crippen molar-refractivity contribution >= 4 is 5.97 Å². The van der Waals surface area contributed by atoms with E-state index in [1.54, 1.807) is 0 Å². The van der Waals surface area contributed by atoms with Gasteiger partial charge in [-0.2, -0.15) is 0 Å². The molecule has 5 heteroatoms. The van der Waals surface area contributed by atoms with Gasteiger partial charge in [-0.25, -0.2) is 0 Å². The summed E-state index contributed by atoms with van der Waals surface area (Å²) in [5.74, 6) is -0.880. The summed E-state index contributed by atoms with van der Waals surface area (Å²) in [5, 5.41) is 31.0. The van der Waals surface area contributed by atoms with Gasteiger partial charge in [-0.1, -0.05) is 29.8 Å². The average molecular weight is 281 g/mol. The first-order valence-electron chi connectivity index (χ1n) is 6.85. The summed E-state index contributed by atoms with van der Waals surface area (Å²) in [6.45, 7) is 2.58. The monoisotopic (exact) mass is 281 g/mol. The van der Waals surface area contributed by atoms with E-state index >= 15 is 0 Å². The Kier molecular flexibility index (Phi) is 7.22. The number of carbonyl (C=O) groups is 1. The third-order valence-electron chi connectivity index (χ3n) is 3.21. The van der Waals surface area contributed by atoms with Crippen LogP contribution in [0.5, 0.6) is 0 Å². The summed E-state index contributed by atoms with van der Waals surface area (Å²) in [5.41, 5.74) is 1.87. The molecule has 112 valence electrons. The average Bonchev–Trinajstić information content (AvgIpc) is 2.42. The number of carboxylic acids is 1. The molecule has 0 amide bonds. The molecule has 0 fully saturated rings. The maximum absolute atomic E-state index is 10.7. The summed E-state index contributed by atoms with van der Waals surface area (Å²) in [6, 6.07) is 7.20. The van der Waals surface area contributed by atoms with Crippen molar-refractivity contribution in [3.8, 4) is 0 Å². The van der Waals surface area contributed by atoms with Crippen LogP contribution in [0.15, 0.2) is 24.3 Å². The molecule has 0 heterocycles. The Labute approximate surface area is 119 Å². The Morgan fingerprint density at radius 2 is 1.95 bits per heavy atom. The maximum Gasteiger partial charge on any atom is 0.303 e. The minimum atomic E-state index is -0.880. The first kappa shape index (κ1) is 16.6. The van der Waals surface area contributed by atoms with Crippen molar-refractivity contribution in [3.63, 3.8) is 0 Å². The molecule has 0 spiro atoms. The minimum absolute atomic E-state index is 0.000285. The standard InChI is InChI=1S/C15H23NO4/c1-11-3-5-12(6-4-11)15(20)13(7-8-14(18)19)16-9-2-10-17/h3-6,13,15-17,20H,2,7-10H2,1H3,(H,18,19). The lowest BCUT2D eigenvalue weighted by Gasteiger charge is -2.24. The van der Waals surface area contributed by atoms with Crippen molar-refractivity contribution in [3.05, 3.63) is 35.4 Å². The fraction of sp³-hybridized carbons (Fsp3) is 0.533. The summed E-state index contributed by atoms with van der Waals surface area (Å²) in [4.78, 5) is 10.7. The molecule has 4 N–H and O–H groups in total. The molecule has 0 radical (unpaired) electrons. The second-order valence-electron chi connectivity index (χ2n) is 4.93. The van der Waals surface area contributed by atoms with E-state index in [2.05, 4.69) is 5.32 Å². The van der Waals surface area contributed by atoms with E-state index in [-0.39, 0.29) is 19.1 Å². The number of carboxylic acid groups (broad SMARTS) is 1. The van der Waals surface area contributed by atoms with Gasteiger partial charge in [0, 0.05) is 19.1 Å². The van der Waals surface area contributed by atoms with Crippen molar-refractivity contribution in [2.75, 3.05) is 13.2 Å². The first-order valence-corrected chi connectivity index (χ1v) is 6.85. The van der Waals surface area contributed by atoms with Gasteiger partial charge in [0.05, 0.1) is 6.10 Å². The third-order valence-corrected chi connectivity index (χ3v) is 3.21. The maximum atomic E-state index is 10.7. The molecule has 2 atom stereocenters. The predicted octanol–water partition coefficient (Wildman–Crippen LogP) is 1.23. The Hall–Kier alpha value is -1.43. The molecular formula is C15H23NO4. The fourth-order valence-electron chi connectivity index (χ4n) is 2.01. The highest BCUT2D eigenvalue weighted by atomic mass is 16.4. The van der Waals surface area contributed by atoms with E-state index in [9.17, 15) is 9.90 Å². The van der Waals surface area contributed by atoms with Gasteiger partial charge in [-0.3, -0.25) is 4.79 Å². The van der Waals surface area contributed by atoms with Gasteiger partial charge in [0.25, 0.3) is 0 Å². The second-order valence-corrected chi connectivity index (χ2v) is 4.93. The minimum Gasteiger partial charge on any atom is -0.481 e. The molecule has 0 aliphatic carbocycles. The van der Waals surface area contributed by atoms with Crippen LogP contribution in [-0.2, 0) is 4.79 Å². The van der Waals surface area contributed by atoms with Crippen LogP contribution < -0.4 is 5.32 Å². The zero-order valence-corrected chi connectivity index (χ0v) is 11.7. The Morgan fingerprint density at radius 1 is 1.30 bits per heavy atom. The molecule has 0 saturated carbocycles. The first-order chi connectivity index (χ1) is 9.54. The molecule has 20 heavy (non-hydrogen) atoms. The van der Waals surface area contributed by atoms with Crippen LogP contribution >= 0.6 is 0 Å². The van der Waals surface area contributed by atoms with Crippen LogP contribution in [0.4, 0.5) is 0 Å². The van der Waals surface area contributed by atoms with Gasteiger partial charge in [-0.05, 0) is 31.9 Å². The molecule has 0 aliphatic heterocycles. The number of rotatable bonds is 9. The van der Waals surface area contributed by atoms with E-state index in [0.29, 0.717) is 19.4 Å².